The summed E-state index contributed by atoms with van der Waals surface area (Å²) in [7, 11) is 0.276. The van der Waals surface area contributed by atoms with E-state index in [9.17, 15) is 0 Å². The van der Waals surface area contributed by atoms with Crippen LogP contribution in [0.3, 0.4) is 0 Å². The Morgan fingerprint density at radius 1 is 1.50 bits per heavy atom. The fourth-order valence-electron chi connectivity index (χ4n) is 1.06. The molecule has 3 nitrogen and oxygen atoms in total. The van der Waals surface area contributed by atoms with Crippen LogP contribution in [0.2, 0.25) is 19.6 Å². The number of rotatable bonds is 2. The molecular weight excluding hydrogens is 218 g/mol. The van der Waals surface area contributed by atoms with Crippen molar-refractivity contribution in [1.29, 1.82) is 0 Å². The van der Waals surface area contributed by atoms with Crippen LogP contribution in [0.4, 0.5) is 0 Å². The van der Waals surface area contributed by atoms with Gasteiger partial charge in [0.05, 0.1) is 13.4 Å². The number of furan rings is 1. The summed E-state index contributed by atoms with van der Waals surface area (Å²) in [5, 5.41) is 0. The maximum absolute atomic E-state index is 5.19. The number of hydrogen-bond donors (Lipinski definition) is 0. The van der Waals surface area contributed by atoms with Crippen LogP contribution in [0.15, 0.2) is 27.8 Å². The average Bonchev–Trinajstić information content (AvgIpc) is 2.69. The summed E-state index contributed by atoms with van der Waals surface area (Å²) < 4.78 is 10.3. The highest BCUT2D eigenvalue weighted by Crippen LogP contribution is 2.03. The molecule has 86 valence electrons. The summed E-state index contributed by atoms with van der Waals surface area (Å²) in [5.41, 5.74) is 3.24. The number of hydrogen-bond acceptors (Lipinski definition) is 3. The zero-order valence-electron chi connectivity index (χ0n) is 10.2. The van der Waals surface area contributed by atoms with Crippen LogP contribution >= 0.6 is 0 Å². The molecule has 0 aliphatic carbocycles. The lowest BCUT2D eigenvalue weighted by molar-refractivity contribution is 0.386. The van der Waals surface area contributed by atoms with E-state index < -0.39 is 8.07 Å². The van der Waals surface area contributed by atoms with Crippen molar-refractivity contribution >= 4 is 14.0 Å². The molecule has 0 bridgehead atoms. The molecule has 0 saturated heterocycles. The van der Waals surface area contributed by atoms with Gasteiger partial charge in [0, 0.05) is 0 Å². The first kappa shape index (κ1) is 12.6. The van der Waals surface area contributed by atoms with Crippen molar-refractivity contribution in [3.8, 4) is 11.5 Å². The van der Waals surface area contributed by atoms with Crippen molar-refractivity contribution < 1.29 is 9.15 Å². The van der Waals surface area contributed by atoms with E-state index in [0.717, 1.165) is 0 Å². The lowest BCUT2D eigenvalue weighted by atomic mass is 10.4. The van der Waals surface area contributed by atoms with Crippen LogP contribution in [0.25, 0.3) is 0 Å². The molecule has 4 heteroatoms. The highest BCUT2D eigenvalue weighted by Gasteiger charge is 2.07. The fourth-order valence-corrected chi connectivity index (χ4v) is 1.67. The van der Waals surface area contributed by atoms with Crippen LogP contribution in [0, 0.1) is 11.5 Å². The molecule has 0 fully saturated rings. The molecule has 1 heterocycles. The molecule has 0 radical (unpaired) electrons. The molecule has 1 rings (SSSR count). The third kappa shape index (κ3) is 4.37. The Morgan fingerprint density at radius 3 is 2.75 bits per heavy atom. The minimum absolute atomic E-state index is 0.453. The molecule has 0 atom stereocenters. The van der Waals surface area contributed by atoms with Gasteiger partial charge in [-0.3, -0.25) is 0 Å². The minimum atomic E-state index is -1.30. The first-order valence-corrected chi connectivity index (χ1v) is 8.65. The molecule has 0 aromatic carbocycles. The van der Waals surface area contributed by atoms with Gasteiger partial charge in [-0.25, -0.2) is 4.99 Å². The summed E-state index contributed by atoms with van der Waals surface area (Å²) in [4.78, 5) is 4.24. The van der Waals surface area contributed by atoms with Gasteiger partial charge in [-0.1, -0.05) is 25.6 Å². The van der Waals surface area contributed by atoms with E-state index in [2.05, 4.69) is 36.1 Å². The number of methoxy groups -OCH3 is 1. The smallest absolute Gasteiger partial charge is 0.253 e. The van der Waals surface area contributed by atoms with E-state index >= 15 is 0 Å². The first-order chi connectivity index (χ1) is 7.53. The van der Waals surface area contributed by atoms with Gasteiger partial charge >= 0.3 is 0 Å². The van der Waals surface area contributed by atoms with Gasteiger partial charge in [0.15, 0.2) is 5.76 Å². The minimum Gasteiger partial charge on any atom is -0.479 e. The topological polar surface area (TPSA) is 34.7 Å². The molecule has 0 aliphatic heterocycles. The van der Waals surface area contributed by atoms with Crippen molar-refractivity contribution in [3.63, 3.8) is 0 Å². The van der Waals surface area contributed by atoms with Crippen LogP contribution in [0.5, 0.6) is 0 Å². The van der Waals surface area contributed by atoms with E-state index in [1.807, 2.05) is 6.07 Å². The van der Waals surface area contributed by atoms with E-state index in [1.165, 1.54) is 0 Å². The molecule has 1 aromatic heterocycles. The molecule has 0 saturated carbocycles. The van der Waals surface area contributed by atoms with Gasteiger partial charge in [-0.2, -0.15) is 0 Å². The SMILES string of the molecule is CO/C(=N\CC#C[Si](C)(C)C)c1ccco1. The maximum Gasteiger partial charge on any atom is 0.253 e. The summed E-state index contributed by atoms with van der Waals surface area (Å²) in [6.45, 7) is 7.06. The summed E-state index contributed by atoms with van der Waals surface area (Å²) in [6, 6.07) is 3.62. The van der Waals surface area contributed by atoms with Crippen LogP contribution < -0.4 is 0 Å². The number of nitrogens with zero attached hydrogens (tertiary/aromatic N) is 1. The second-order valence-corrected chi connectivity index (χ2v) is 9.10. The van der Waals surface area contributed by atoms with Crippen molar-refractivity contribution in [3.05, 3.63) is 24.2 Å². The molecule has 16 heavy (non-hydrogen) atoms. The molecule has 0 amide bonds. The normalized spacial score (nSPS) is 11.9. The molecule has 0 spiro atoms. The predicted octanol–water partition coefficient (Wildman–Crippen LogP) is 2.55. The maximum atomic E-state index is 5.19. The van der Waals surface area contributed by atoms with Crippen molar-refractivity contribution in [1.82, 2.24) is 0 Å². The zero-order chi connectivity index (χ0) is 12.0. The molecule has 1 aromatic rings. The van der Waals surface area contributed by atoms with E-state index in [-0.39, 0.29) is 0 Å². The average molecular weight is 235 g/mol. The zero-order valence-corrected chi connectivity index (χ0v) is 11.2. The van der Waals surface area contributed by atoms with Crippen LogP contribution in [-0.4, -0.2) is 27.6 Å². The van der Waals surface area contributed by atoms with Gasteiger partial charge in [-0.05, 0) is 12.1 Å². The van der Waals surface area contributed by atoms with Gasteiger partial charge in [0.25, 0.3) is 5.90 Å². The Labute approximate surface area is 97.5 Å². The largest absolute Gasteiger partial charge is 0.479 e. The van der Waals surface area contributed by atoms with Crippen LogP contribution in [0.1, 0.15) is 5.76 Å². The Kier molecular flexibility index (Phi) is 4.38. The van der Waals surface area contributed by atoms with Crippen LogP contribution in [-0.2, 0) is 4.74 Å². The number of ether oxygens (including phenoxy) is 1. The van der Waals surface area contributed by atoms with Crippen molar-refractivity contribution in [2.45, 2.75) is 19.6 Å². The third-order valence-electron chi connectivity index (χ3n) is 1.69. The van der Waals surface area contributed by atoms with Gasteiger partial charge < -0.3 is 9.15 Å². The Hall–Kier alpha value is -1.47. The van der Waals surface area contributed by atoms with E-state index in [1.54, 1.807) is 19.4 Å². The molecule has 0 N–H and O–H groups in total. The highest BCUT2D eigenvalue weighted by molar-refractivity contribution is 6.83. The number of aliphatic imine (C=N–C) groups is 1. The van der Waals surface area contributed by atoms with Gasteiger partial charge in [-0.15, -0.1) is 5.54 Å². The quantitative estimate of drug-likeness (QED) is 0.342. The van der Waals surface area contributed by atoms with Gasteiger partial charge in [0.2, 0.25) is 0 Å². The van der Waals surface area contributed by atoms with Gasteiger partial charge in [0.1, 0.15) is 14.6 Å². The molecule has 0 unspecified atom stereocenters. The monoisotopic (exact) mass is 235 g/mol. The van der Waals surface area contributed by atoms with Crippen molar-refractivity contribution in [2.75, 3.05) is 13.7 Å². The lowest BCUT2D eigenvalue weighted by Crippen LogP contribution is -2.16. The Morgan fingerprint density at radius 2 is 2.25 bits per heavy atom. The lowest BCUT2D eigenvalue weighted by Gasteiger charge is -2.03. The second-order valence-electron chi connectivity index (χ2n) is 4.35. The summed E-state index contributed by atoms with van der Waals surface area (Å²) in [6.07, 6.45) is 1.59. The van der Waals surface area contributed by atoms with Crippen molar-refractivity contribution in [2.24, 2.45) is 4.99 Å². The fraction of sp³-hybridized carbons (Fsp3) is 0.417. The summed E-state index contributed by atoms with van der Waals surface area (Å²) in [5.74, 6) is 4.19. The second kappa shape index (κ2) is 5.57. The first-order valence-electron chi connectivity index (χ1n) is 5.15. The Bertz CT molecular complexity index is 404. The molecule has 0 aliphatic rings. The Balaban J connectivity index is 2.64. The summed E-state index contributed by atoms with van der Waals surface area (Å²) >= 11 is 0. The predicted molar refractivity (Wildman–Crippen MR) is 68.2 cm³/mol. The van der Waals surface area contributed by atoms with E-state index in [0.29, 0.717) is 18.2 Å². The molecular formula is C12H17NO2Si. The third-order valence-corrected chi connectivity index (χ3v) is 2.62. The standard InChI is InChI=1S/C12H17NO2Si/c1-14-12(11-7-5-9-15-11)13-8-6-10-16(2,3)4/h5,7,9H,8H2,1-4H3/b13-12-. The highest BCUT2D eigenvalue weighted by atomic mass is 28.3. The van der Waals surface area contributed by atoms with E-state index in [4.69, 9.17) is 9.15 Å².